The first-order valence-corrected chi connectivity index (χ1v) is 4.95. The lowest BCUT2D eigenvalue weighted by Gasteiger charge is -2.05. The van der Waals surface area contributed by atoms with Gasteiger partial charge < -0.3 is 9.67 Å². The zero-order valence-corrected chi connectivity index (χ0v) is 8.92. The molecule has 82 valence electrons. The Balaban J connectivity index is 2.37. The smallest absolute Gasteiger partial charge is 0.309 e. The van der Waals surface area contributed by atoms with Gasteiger partial charge in [0.05, 0.1) is 6.42 Å². The first-order valence-electron chi connectivity index (χ1n) is 4.95. The molecule has 0 aromatic carbocycles. The van der Waals surface area contributed by atoms with E-state index in [-0.39, 0.29) is 6.42 Å². The van der Waals surface area contributed by atoms with Crippen LogP contribution < -0.4 is 0 Å². The average Bonchev–Trinajstić information content (AvgIpc) is 2.61. The molecule has 2 aromatic rings. The van der Waals surface area contributed by atoms with Gasteiger partial charge in [-0.15, -0.1) is 0 Å². The largest absolute Gasteiger partial charge is 0.481 e. The van der Waals surface area contributed by atoms with Gasteiger partial charge in [-0.2, -0.15) is 0 Å². The molecule has 4 heteroatoms. The summed E-state index contributed by atoms with van der Waals surface area (Å²) in [4.78, 5) is 14.7. The maximum absolute atomic E-state index is 10.6. The summed E-state index contributed by atoms with van der Waals surface area (Å²) in [5.74, 6) is -0.820. The Hall–Kier alpha value is -2.10. The molecule has 0 radical (unpaired) electrons. The van der Waals surface area contributed by atoms with Crippen LogP contribution in [0.4, 0.5) is 0 Å². The molecule has 0 saturated carbocycles. The Morgan fingerprint density at radius 2 is 2.25 bits per heavy atom. The van der Waals surface area contributed by atoms with Gasteiger partial charge in [0.2, 0.25) is 0 Å². The number of hydrogen-bond acceptors (Lipinski definition) is 2. The van der Waals surface area contributed by atoms with Crippen LogP contribution in [0.25, 0.3) is 11.3 Å². The van der Waals surface area contributed by atoms with Crippen LogP contribution in [-0.2, 0) is 18.3 Å². The molecule has 0 bridgehead atoms. The van der Waals surface area contributed by atoms with Crippen molar-refractivity contribution in [2.24, 2.45) is 7.05 Å². The molecule has 0 aliphatic heterocycles. The summed E-state index contributed by atoms with van der Waals surface area (Å²) in [6.07, 6.45) is 3.52. The molecule has 16 heavy (non-hydrogen) atoms. The second kappa shape index (κ2) is 4.18. The summed E-state index contributed by atoms with van der Waals surface area (Å²) >= 11 is 0. The molecule has 2 aromatic heterocycles. The number of rotatable bonds is 3. The molecule has 0 amide bonds. The van der Waals surface area contributed by atoms with Gasteiger partial charge in [-0.05, 0) is 24.3 Å². The van der Waals surface area contributed by atoms with Gasteiger partial charge in [0.1, 0.15) is 0 Å². The van der Waals surface area contributed by atoms with Crippen molar-refractivity contribution in [3.05, 3.63) is 42.4 Å². The highest BCUT2D eigenvalue weighted by Crippen LogP contribution is 2.20. The third kappa shape index (κ3) is 1.95. The summed E-state index contributed by atoms with van der Waals surface area (Å²) in [6, 6.07) is 7.55. The van der Waals surface area contributed by atoms with Crippen LogP contribution >= 0.6 is 0 Å². The van der Waals surface area contributed by atoms with Gasteiger partial charge in [-0.1, -0.05) is 0 Å². The molecular weight excluding hydrogens is 204 g/mol. The highest BCUT2D eigenvalue weighted by molar-refractivity contribution is 5.70. The SMILES string of the molecule is Cn1c(CC(=O)O)ccc1-c1cccnc1. The zero-order valence-electron chi connectivity index (χ0n) is 8.92. The van der Waals surface area contributed by atoms with Crippen molar-refractivity contribution in [2.45, 2.75) is 6.42 Å². The van der Waals surface area contributed by atoms with Crippen molar-refractivity contribution in [2.75, 3.05) is 0 Å². The van der Waals surface area contributed by atoms with Crippen LogP contribution in [0.15, 0.2) is 36.7 Å². The molecule has 0 aliphatic rings. The van der Waals surface area contributed by atoms with Crippen LogP contribution in [0.3, 0.4) is 0 Å². The van der Waals surface area contributed by atoms with Gasteiger partial charge in [0.15, 0.2) is 0 Å². The minimum atomic E-state index is -0.820. The molecule has 0 atom stereocenters. The van der Waals surface area contributed by atoms with Gasteiger partial charge in [0.25, 0.3) is 0 Å². The topological polar surface area (TPSA) is 55.1 Å². The van der Waals surface area contributed by atoms with E-state index in [0.717, 1.165) is 17.0 Å². The Morgan fingerprint density at radius 1 is 1.44 bits per heavy atom. The van der Waals surface area contributed by atoms with Gasteiger partial charge in [-0.25, -0.2) is 0 Å². The monoisotopic (exact) mass is 216 g/mol. The lowest BCUT2D eigenvalue weighted by atomic mass is 10.2. The predicted molar refractivity (Wildman–Crippen MR) is 60.0 cm³/mol. The van der Waals surface area contributed by atoms with E-state index >= 15 is 0 Å². The lowest BCUT2D eigenvalue weighted by Crippen LogP contribution is -2.05. The van der Waals surface area contributed by atoms with Crippen LogP contribution in [0.1, 0.15) is 5.69 Å². The molecule has 0 spiro atoms. The van der Waals surface area contributed by atoms with E-state index in [1.54, 1.807) is 12.4 Å². The zero-order chi connectivity index (χ0) is 11.5. The Kier molecular flexibility index (Phi) is 2.72. The van der Waals surface area contributed by atoms with E-state index in [4.69, 9.17) is 5.11 Å². The second-order valence-corrected chi connectivity index (χ2v) is 3.58. The maximum Gasteiger partial charge on any atom is 0.309 e. The number of pyridine rings is 1. The highest BCUT2D eigenvalue weighted by Gasteiger charge is 2.09. The first-order chi connectivity index (χ1) is 7.68. The molecule has 0 saturated heterocycles. The average molecular weight is 216 g/mol. The van der Waals surface area contributed by atoms with Crippen molar-refractivity contribution in [1.29, 1.82) is 0 Å². The molecule has 2 heterocycles. The second-order valence-electron chi connectivity index (χ2n) is 3.58. The first kappa shape index (κ1) is 10.4. The molecule has 2 rings (SSSR count). The van der Waals surface area contributed by atoms with Crippen molar-refractivity contribution in [3.63, 3.8) is 0 Å². The van der Waals surface area contributed by atoms with E-state index in [9.17, 15) is 4.79 Å². The predicted octanol–water partition coefficient (Wildman–Crippen LogP) is 1.71. The summed E-state index contributed by atoms with van der Waals surface area (Å²) in [6.45, 7) is 0. The van der Waals surface area contributed by atoms with Crippen LogP contribution in [0.2, 0.25) is 0 Å². The number of hydrogen-bond donors (Lipinski definition) is 1. The van der Waals surface area contributed by atoms with E-state index in [1.807, 2.05) is 35.9 Å². The van der Waals surface area contributed by atoms with E-state index in [2.05, 4.69) is 4.98 Å². The number of carbonyl (C=O) groups is 1. The molecule has 0 unspecified atom stereocenters. The van der Waals surface area contributed by atoms with Crippen molar-refractivity contribution in [1.82, 2.24) is 9.55 Å². The molecule has 4 nitrogen and oxygen atoms in total. The summed E-state index contributed by atoms with van der Waals surface area (Å²) in [7, 11) is 1.86. The van der Waals surface area contributed by atoms with Crippen molar-refractivity contribution >= 4 is 5.97 Å². The Bertz CT molecular complexity index is 503. The maximum atomic E-state index is 10.6. The highest BCUT2D eigenvalue weighted by atomic mass is 16.4. The van der Waals surface area contributed by atoms with Gasteiger partial charge in [0, 0.05) is 36.4 Å². The number of nitrogens with zero attached hydrogens (tertiary/aromatic N) is 2. The number of carboxylic acids is 1. The standard InChI is InChI=1S/C12H12N2O2/c1-14-10(7-12(15)16)4-5-11(14)9-3-2-6-13-8-9/h2-6,8H,7H2,1H3,(H,15,16). The summed E-state index contributed by atoms with van der Waals surface area (Å²) in [5, 5.41) is 8.75. The Morgan fingerprint density at radius 3 is 2.88 bits per heavy atom. The third-order valence-corrected chi connectivity index (χ3v) is 2.52. The van der Waals surface area contributed by atoms with Gasteiger partial charge in [-0.3, -0.25) is 9.78 Å². The molecule has 0 fully saturated rings. The molecule has 0 aliphatic carbocycles. The van der Waals surface area contributed by atoms with E-state index in [0.29, 0.717) is 0 Å². The van der Waals surface area contributed by atoms with E-state index < -0.39 is 5.97 Å². The van der Waals surface area contributed by atoms with Crippen LogP contribution in [0, 0.1) is 0 Å². The van der Waals surface area contributed by atoms with Gasteiger partial charge >= 0.3 is 5.97 Å². The molecule has 1 N–H and O–H groups in total. The fraction of sp³-hybridized carbons (Fsp3) is 0.167. The van der Waals surface area contributed by atoms with Crippen LogP contribution in [-0.4, -0.2) is 20.6 Å². The van der Waals surface area contributed by atoms with Crippen molar-refractivity contribution in [3.8, 4) is 11.3 Å². The Labute approximate surface area is 93.2 Å². The third-order valence-electron chi connectivity index (χ3n) is 2.52. The number of aliphatic carboxylic acids is 1. The number of carboxylic acid groups (broad SMARTS) is 1. The van der Waals surface area contributed by atoms with Crippen molar-refractivity contribution < 1.29 is 9.90 Å². The quantitative estimate of drug-likeness (QED) is 0.849. The van der Waals surface area contributed by atoms with Crippen LogP contribution in [0.5, 0.6) is 0 Å². The minimum Gasteiger partial charge on any atom is -0.481 e. The summed E-state index contributed by atoms with van der Waals surface area (Å²) in [5.41, 5.74) is 2.75. The molecular formula is C12H12N2O2. The number of aromatic nitrogens is 2. The summed E-state index contributed by atoms with van der Waals surface area (Å²) < 4.78 is 1.88. The van der Waals surface area contributed by atoms with E-state index in [1.165, 1.54) is 0 Å². The fourth-order valence-corrected chi connectivity index (χ4v) is 1.69. The normalized spacial score (nSPS) is 10.3. The lowest BCUT2D eigenvalue weighted by molar-refractivity contribution is -0.136. The fourth-order valence-electron chi connectivity index (χ4n) is 1.69. The minimum absolute atomic E-state index is 0.0385.